The topological polar surface area (TPSA) is 108 Å². The van der Waals surface area contributed by atoms with Crippen molar-refractivity contribution in [2.24, 2.45) is 4.99 Å². The Morgan fingerprint density at radius 3 is 2.66 bits per heavy atom. The van der Waals surface area contributed by atoms with Crippen LogP contribution in [0, 0.1) is 0 Å². The average Bonchev–Trinajstić information content (AvgIpc) is 3.44. The standard InChI is InChI=1S/C26H34F2N6O4/c1-33-20-14-29-25(32-22(20)34(18-5-3-4-6-18)15-26(27,28)24(33)36)31-19-8-7-16(13-21(19)37-2)23(35)30-17-9-11-38-12-10-17/h7-8,13-14,17-18,25,31-32H,3-6,9-12,15H2,1-2H3,(H,30,35). The number of benzene rings is 1. The van der Waals surface area contributed by atoms with Crippen molar-refractivity contribution in [3.63, 3.8) is 0 Å². The second-order valence-corrected chi connectivity index (χ2v) is 10.1. The zero-order valence-electron chi connectivity index (χ0n) is 21.6. The predicted molar refractivity (Wildman–Crippen MR) is 137 cm³/mol. The average molecular weight is 533 g/mol. The summed E-state index contributed by atoms with van der Waals surface area (Å²) in [5.74, 6) is -4.07. The molecule has 3 heterocycles. The molecule has 2 fully saturated rings. The van der Waals surface area contributed by atoms with Crippen molar-refractivity contribution >= 4 is 23.7 Å². The molecule has 1 aromatic carbocycles. The minimum atomic E-state index is -3.52. The fourth-order valence-corrected chi connectivity index (χ4v) is 5.45. The van der Waals surface area contributed by atoms with Gasteiger partial charge < -0.3 is 35.2 Å². The first-order valence-electron chi connectivity index (χ1n) is 13.1. The molecule has 0 aromatic heterocycles. The Balaban J connectivity index is 1.34. The summed E-state index contributed by atoms with van der Waals surface area (Å²) in [5, 5.41) is 9.48. The van der Waals surface area contributed by atoms with E-state index in [0.29, 0.717) is 41.7 Å². The number of allylic oxidation sites excluding steroid dienone is 1. The van der Waals surface area contributed by atoms with Crippen LogP contribution in [0.2, 0.25) is 0 Å². The van der Waals surface area contributed by atoms with Gasteiger partial charge in [-0.05, 0) is 43.9 Å². The van der Waals surface area contributed by atoms with E-state index >= 15 is 0 Å². The molecular weight excluding hydrogens is 498 g/mol. The zero-order valence-corrected chi connectivity index (χ0v) is 21.6. The maximum absolute atomic E-state index is 14.8. The Hall–Kier alpha value is -3.41. The van der Waals surface area contributed by atoms with Gasteiger partial charge in [-0.3, -0.25) is 9.59 Å². The first-order valence-corrected chi connectivity index (χ1v) is 13.1. The Labute approximate surface area is 220 Å². The summed E-state index contributed by atoms with van der Waals surface area (Å²) in [6.07, 6.45) is 5.78. The third-order valence-corrected chi connectivity index (χ3v) is 7.57. The van der Waals surface area contributed by atoms with Crippen LogP contribution in [0.5, 0.6) is 5.75 Å². The molecule has 1 atom stereocenters. The molecule has 10 nitrogen and oxygen atoms in total. The van der Waals surface area contributed by atoms with Gasteiger partial charge in [-0.2, -0.15) is 8.78 Å². The number of aliphatic imine (C=N–C) groups is 1. The molecule has 3 aliphatic heterocycles. The molecule has 1 saturated carbocycles. The lowest BCUT2D eigenvalue weighted by molar-refractivity contribution is -0.154. The predicted octanol–water partition coefficient (Wildman–Crippen LogP) is 2.49. The third-order valence-electron chi connectivity index (χ3n) is 7.57. The van der Waals surface area contributed by atoms with Gasteiger partial charge >= 0.3 is 5.92 Å². The van der Waals surface area contributed by atoms with Gasteiger partial charge in [0.05, 0.1) is 25.6 Å². The van der Waals surface area contributed by atoms with E-state index < -0.39 is 24.7 Å². The highest BCUT2D eigenvalue weighted by atomic mass is 19.3. The Bertz CT molecular complexity index is 1130. The third kappa shape index (κ3) is 5.27. The van der Waals surface area contributed by atoms with Crippen LogP contribution in [0.3, 0.4) is 0 Å². The zero-order chi connectivity index (χ0) is 26.9. The van der Waals surface area contributed by atoms with Gasteiger partial charge in [-0.15, -0.1) is 0 Å². The molecule has 2 amide bonds. The Morgan fingerprint density at radius 2 is 1.95 bits per heavy atom. The van der Waals surface area contributed by atoms with Gasteiger partial charge in [0, 0.05) is 37.9 Å². The van der Waals surface area contributed by atoms with E-state index in [2.05, 4.69) is 20.9 Å². The lowest BCUT2D eigenvalue weighted by atomic mass is 10.1. The smallest absolute Gasteiger partial charge is 0.342 e. The summed E-state index contributed by atoms with van der Waals surface area (Å²) >= 11 is 0. The van der Waals surface area contributed by atoms with Gasteiger partial charge in [-0.25, -0.2) is 4.99 Å². The van der Waals surface area contributed by atoms with E-state index in [1.54, 1.807) is 23.1 Å². The minimum Gasteiger partial charge on any atom is -0.495 e. The maximum Gasteiger partial charge on any atom is 0.342 e. The molecule has 38 heavy (non-hydrogen) atoms. The van der Waals surface area contributed by atoms with Gasteiger partial charge in [-0.1, -0.05) is 12.8 Å². The number of alkyl halides is 2. The monoisotopic (exact) mass is 532 g/mol. The van der Waals surface area contributed by atoms with Gasteiger partial charge in [0.25, 0.3) is 11.8 Å². The lowest BCUT2D eigenvalue weighted by Crippen LogP contribution is -2.49. The fourth-order valence-electron chi connectivity index (χ4n) is 5.45. The van der Waals surface area contributed by atoms with E-state index in [-0.39, 0.29) is 18.0 Å². The number of hydrogen-bond donors (Lipinski definition) is 3. The maximum atomic E-state index is 14.8. The molecule has 1 unspecified atom stereocenters. The molecule has 12 heteroatoms. The molecule has 0 spiro atoms. The van der Waals surface area contributed by atoms with Crippen molar-refractivity contribution in [1.82, 2.24) is 20.4 Å². The number of carbonyl (C=O) groups excluding carboxylic acids is 2. The molecule has 1 aliphatic carbocycles. The highest BCUT2D eigenvalue weighted by Crippen LogP contribution is 2.35. The van der Waals surface area contributed by atoms with Gasteiger partial charge in [0.2, 0.25) is 0 Å². The number of anilines is 1. The number of rotatable bonds is 6. The first kappa shape index (κ1) is 26.2. The highest BCUT2D eigenvalue weighted by molar-refractivity contribution is 5.95. The normalized spacial score (nSPS) is 24.1. The molecular formula is C26H34F2N6O4. The molecule has 0 bridgehead atoms. The van der Waals surface area contributed by atoms with Crippen LogP contribution in [-0.4, -0.2) is 86.0 Å². The van der Waals surface area contributed by atoms with E-state index in [9.17, 15) is 18.4 Å². The fraction of sp³-hybridized carbons (Fsp3) is 0.577. The molecule has 206 valence electrons. The van der Waals surface area contributed by atoms with Crippen LogP contribution >= 0.6 is 0 Å². The van der Waals surface area contributed by atoms with E-state index in [0.717, 1.165) is 43.4 Å². The summed E-state index contributed by atoms with van der Waals surface area (Å²) in [7, 11) is 2.85. The number of carbonyl (C=O) groups is 2. The molecule has 1 saturated heterocycles. The molecule has 1 aromatic rings. The molecule has 4 aliphatic rings. The van der Waals surface area contributed by atoms with Gasteiger partial charge in [0.15, 0.2) is 6.29 Å². The van der Waals surface area contributed by atoms with Crippen LogP contribution in [0.25, 0.3) is 0 Å². The summed E-state index contributed by atoms with van der Waals surface area (Å²) in [4.78, 5) is 32.3. The van der Waals surface area contributed by atoms with Crippen molar-refractivity contribution in [3.05, 3.63) is 35.3 Å². The van der Waals surface area contributed by atoms with E-state index in [1.807, 2.05) is 0 Å². The SMILES string of the molecule is COc1cc(C(=O)NC2CCOCC2)ccc1NC1N=CC2=C(N1)N(C1CCCC1)CC(F)(F)C(=O)N2C. The number of amides is 2. The van der Waals surface area contributed by atoms with Crippen LogP contribution in [0.4, 0.5) is 14.5 Å². The quantitative estimate of drug-likeness (QED) is 0.517. The van der Waals surface area contributed by atoms with Crippen molar-refractivity contribution in [2.45, 2.75) is 62.8 Å². The molecule has 3 N–H and O–H groups in total. The van der Waals surface area contributed by atoms with Gasteiger partial charge in [0.1, 0.15) is 17.3 Å². The number of nitrogens with zero attached hydrogens (tertiary/aromatic N) is 3. The van der Waals surface area contributed by atoms with E-state index in [4.69, 9.17) is 9.47 Å². The van der Waals surface area contributed by atoms with Crippen LogP contribution in [0.1, 0.15) is 48.9 Å². The second kappa shape index (κ2) is 10.8. The second-order valence-electron chi connectivity index (χ2n) is 10.1. The van der Waals surface area contributed by atoms with Crippen LogP contribution in [-0.2, 0) is 9.53 Å². The van der Waals surface area contributed by atoms with Crippen molar-refractivity contribution in [3.8, 4) is 5.75 Å². The number of ether oxygens (including phenoxy) is 2. The summed E-state index contributed by atoms with van der Waals surface area (Å²) < 4.78 is 40.6. The number of nitrogens with one attached hydrogen (secondary N) is 3. The number of methoxy groups -OCH3 is 1. The van der Waals surface area contributed by atoms with Crippen LogP contribution < -0.4 is 20.7 Å². The Morgan fingerprint density at radius 1 is 1.21 bits per heavy atom. The summed E-state index contributed by atoms with van der Waals surface area (Å²) in [6, 6.07) is 5.05. The van der Waals surface area contributed by atoms with Crippen molar-refractivity contribution in [2.75, 3.05) is 39.2 Å². The Kier molecular flexibility index (Phi) is 7.42. The minimum absolute atomic E-state index is 0.0723. The molecule has 5 rings (SSSR count). The number of hydrogen-bond acceptors (Lipinski definition) is 8. The highest BCUT2D eigenvalue weighted by Gasteiger charge is 2.49. The molecule has 0 radical (unpaired) electrons. The summed E-state index contributed by atoms with van der Waals surface area (Å²) in [6.45, 7) is 0.571. The van der Waals surface area contributed by atoms with Crippen molar-refractivity contribution in [1.29, 1.82) is 0 Å². The van der Waals surface area contributed by atoms with Crippen LogP contribution in [0.15, 0.2) is 34.7 Å². The largest absolute Gasteiger partial charge is 0.495 e. The number of halogens is 2. The van der Waals surface area contributed by atoms with E-state index in [1.165, 1.54) is 20.4 Å². The lowest BCUT2D eigenvalue weighted by Gasteiger charge is -2.37. The van der Waals surface area contributed by atoms with Crippen molar-refractivity contribution < 1.29 is 27.8 Å². The summed E-state index contributed by atoms with van der Waals surface area (Å²) in [5.41, 5.74) is 1.34. The first-order chi connectivity index (χ1) is 18.3.